The number of carbonyl (C=O) groups excluding carboxylic acids is 1. The van der Waals surface area contributed by atoms with Gasteiger partial charge in [0.05, 0.1) is 5.56 Å². The van der Waals surface area contributed by atoms with Crippen LogP contribution in [0.2, 0.25) is 0 Å². The van der Waals surface area contributed by atoms with Gasteiger partial charge in [-0.25, -0.2) is 9.18 Å². The maximum absolute atomic E-state index is 13.7. The lowest BCUT2D eigenvalue weighted by Gasteiger charge is -2.31. The minimum atomic E-state index is -5.08. The highest BCUT2D eigenvalue weighted by atomic mass is 19.4. The highest BCUT2D eigenvalue weighted by Crippen LogP contribution is 2.29. The van der Waals surface area contributed by atoms with Gasteiger partial charge in [0, 0.05) is 19.6 Å². The Morgan fingerprint density at radius 1 is 1.03 bits per heavy atom. The van der Waals surface area contributed by atoms with Crippen molar-refractivity contribution >= 4 is 11.9 Å². The number of carbonyl (C=O) groups is 2. The van der Waals surface area contributed by atoms with Crippen LogP contribution in [-0.2, 0) is 11.3 Å². The van der Waals surface area contributed by atoms with E-state index in [0.717, 1.165) is 18.4 Å². The van der Waals surface area contributed by atoms with E-state index in [4.69, 9.17) is 20.1 Å². The van der Waals surface area contributed by atoms with E-state index in [9.17, 15) is 22.4 Å². The monoisotopic (exact) mass is 516 g/mol. The molecule has 1 fully saturated rings. The molecule has 1 saturated heterocycles. The first-order valence-corrected chi connectivity index (χ1v) is 11.3. The van der Waals surface area contributed by atoms with Gasteiger partial charge in [0.2, 0.25) is 0 Å². The van der Waals surface area contributed by atoms with E-state index >= 15 is 0 Å². The number of carboxylic acid groups (broad SMARTS) is 1. The van der Waals surface area contributed by atoms with Gasteiger partial charge in [0.1, 0.15) is 5.82 Å². The predicted molar refractivity (Wildman–Crippen MR) is 127 cm³/mol. The molecule has 0 radical (unpaired) electrons. The molecule has 10 heteroatoms. The van der Waals surface area contributed by atoms with Gasteiger partial charge in [-0.15, -0.1) is 0 Å². The molecule has 3 N–H and O–H groups in total. The number of hydrogen-bond acceptors (Lipinski definition) is 4. The lowest BCUT2D eigenvalue weighted by Crippen LogP contribution is -2.37. The summed E-state index contributed by atoms with van der Waals surface area (Å²) in [5, 5.41) is 7.12. The molecule has 194 valence electrons. The molecule has 6 nitrogen and oxygen atoms in total. The minimum Gasteiger partial charge on any atom is -0.475 e. The molecule has 0 unspecified atom stereocenters. The zero-order valence-electron chi connectivity index (χ0n) is 19.6. The number of furan rings is 1. The van der Waals surface area contributed by atoms with Crippen molar-refractivity contribution in [2.45, 2.75) is 31.5 Å². The Balaban J connectivity index is 0.000000479. The van der Waals surface area contributed by atoms with Crippen molar-refractivity contribution in [3.05, 3.63) is 94.7 Å². The molecule has 37 heavy (non-hydrogen) atoms. The predicted octanol–water partition coefficient (Wildman–Crippen LogP) is 4.93. The Hall–Kier alpha value is -4.10. The number of carboxylic acids is 1. The topological polar surface area (TPSA) is 96.8 Å². The molecule has 0 aliphatic carbocycles. The highest BCUT2D eigenvalue weighted by molar-refractivity contribution is 5.91. The summed E-state index contributed by atoms with van der Waals surface area (Å²) in [6.07, 6.45) is -3.28. The van der Waals surface area contributed by atoms with E-state index in [1.807, 2.05) is 17.0 Å². The maximum atomic E-state index is 13.7. The first kappa shape index (κ1) is 27.5. The number of rotatable bonds is 3. The van der Waals surface area contributed by atoms with Crippen LogP contribution in [0.15, 0.2) is 65.1 Å². The Labute approximate surface area is 210 Å². The van der Waals surface area contributed by atoms with Crippen LogP contribution in [0.5, 0.6) is 0 Å². The van der Waals surface area contributed by atoms with Gasteiger partial charge in [0.25, 0.3) is 5.91 Å². The standard InChI is InChI=1S/C25H23FN2O2.C2HF3O2/c26-23-7-2-1-5-20(23)8-9-22-10-11-24(30-22)25(29)28-14-12-19(13-15-28)21-6-3-4-18(16-21)17-27;3-2(4,5)1(6)7/h1-7,10-11,16,19H,12-15,17,27H2;(H,6,7). The summed E-state index contributed by atoms with van der Waals surface area (Å²) in [5.41, 5.74) is 8.46. The number of nitrogens with two attached hydrogens (primary N) is 1. The number of piperidine rings is 1. The second-order valence-corrected chi connectivity index (χ2v) is 8.21. The van der Waals surface area contributed by atoms with Gasteiger partial charge in [-0.05, 0) is 60.1 Å². The largest absolute Gasteiger partial charge is 0.490 e. The lowest BCUT2D eigenvalue weighted by atomic mass is 9.88. The number of likely N-dealkylation sites (tertiary alicyclic amines) is 1. The van der Waals surface area contributed by atoms with E-state index in [1.165, 1.54) is 11.6 Å². The van der Waals surface area contributed by atoms with Crippen molar-refractivity contribution in [2.24, 2.45) is 5.73 Å². The summed E-state index contributed by atoms with van der Waals surface area (Å²) in [7, 11) is 0. The molecule has 1 aliphatic rings. The fourth-order valence-electron chi connectivity index (χ4n) is 3.76. The number of amides is 1. The van der Waals surface area contributed by atoms with Gasteiger partial charge >= 0.3 is 12.1 Å². The van der Waals surface area contributed by atoms with E-state index in [2.05, 4.69) is 24.0 Å². The van der Waals surface area contributed by atoms with Gasteiger partial charge in [-0.3, -0.25) is 4.79 Å². The van der Waals surface area contributed by atoms with Crippen LogP contribution in [0.3, 0.4) is 0 Å². The molecular weight excluding hydrogens is 492 g/mol. The number of nitrogens with zero attached hydrogens (tertiary/aromatic N) is 1. The average molecular weight is 516 g/mol. The molecule has 3 aromatic rings. The highest BCUT2D eigenvalue weighted by Gasteiger charge is 2.38. The first-order chi connectivity index (χ1) is 17.6. The maximum Gasteiger partial charge on any atom is 0.490 e. The Morgan fingerprint density at radius 2 is 1.70 bits per heavy atom. The van der Waals surface area contributed by atoms with E-state index in [1.54, 1.807) is 30.3 Å². The van der Waals surface area contributed by atoms with Crippen molar-refractivity contribution in [1.82, 2.24) is 4.90 Å². The summed E-state index contributed by atoms with van der Waals surface area (Å²) >= 11 is 0. The number of halogens is 4. The zero-order valence-corrected chi connectivity index (χ0v) is 19.6. The molecule has 0 bridgehead atoms. The third kappa shape index (κ3) is 7.69. The lowest BCUT2D eigenvalue weighted by molar-refractivity contribution is -0.192. The Kier molecular flexibility index (Phi) is 9.09. The molecule has 0 atom stereocenters. The third-order valence-electron chi connectivity index (χ3n) is 5.69. The third-order valence-corrected chi connectivity index (χ3v) is 5.69. The second kappa shape index (κ2) is 12.2. The van der Waals surface area contributed by atoms with Crippen molar-refractivity contribution in [3.8, 4) is 11.8 Å². The van der Waals surface area contributed by atoms with Crippen molar-refractivity contribution in [3.63, 3.8) is 0 Å². The fraction of sp³-hybridized carbons (Fsp3) is 0.259. The van der Waals surface area contributed by atoms with E-state index in [0.29, 0.717) is 36.9 Å². The molecule has 4 rings (SSSR count). The molecular formula is C27H24F4N2O4. The normalized spacial score (nSPS) is 13.7. The van der Waals surface area contributed by atoms with Crippen LogP contribution >= 0.6 is 0 Å². The van der Waals surface area contributed by atoms with Gasteiger partial charge < -0.3 is 20.2 Å². The quantitative estimate of drug-likeness (QED) is 0.380. The van der Waals surface area contributed by atoms with Crippen molar-refractivity contribution in [2.75, 3.05) is 13.1 Å². The van der Waals surface area contributed by atoms with Crippen molar-refractivity contribution < 1.29 is 36.7 Å². The first-order valence-electron chi connectivity index (χ1n) is 11.3. The van der Waals surface area contributed by atoms with Crippen LogP contribution < -0.4 is 5.73 Å². The number of alkyl halides is 3. The summed E-state index contributed by atoms with van der Waals surface area (Å²) in [4.78, 5) is 23.5. The second-order valence-electron chi connectivity index (χ2n) is 8.21. The summed E-state index contributed by atoms with van der Waals surface area (Å²) in [6.45, 7) is 1.88. The van der Waals surface area contributed by atoms with Crippen LogP contribution in [0.25, 0.3) is 0 Å². The van der Waals surface area contributed by atoms with Gasteiger partial charge in [-0.1, -0.05) is 42.3 Å². The Morgan fingerprint density at radius 3 is 2.32 bits per heavy atom. The Bertz CT molecular complexity index is 1300. The number of hydrogen-bond donors (Lipinski definition) is 2. The smallest absolute Gasteiger partial charge is 0.475 e. The SMILES string of the molecule is NCc1cccc(C2CCN(C(=O)c3ccc(C#Cc4ccccc4F)o3)CC2)c1.O=C(O)C(F)(F)F. The van der Waals surface area contributed by atoms with Crippen LogP contribution in [-0.4, -0.2) is 41.1 Å². The average Bonchev–Trinajstić information content (AvgIpc) is 3.37. The van der Waals surface area contributed by atoms with Crippen LogP contribution in [0.4, 0.5) is 17.6 Å². The van der Waals surface area contributed by atoms with E-state index in [-0.39, 0.29) is 17.5 Å². The van der Waals surface area contributed by atoms with Crippen LogP contribution in [0, 0.1) is 17.7 Å². The van der Waals surface area contributed by atoms with Gasteiger partial charge in [-0.2, -0.15) is 13.2 Å². The number of aliphatic carboxylic acids is 1. The molecule has 0 spiro atoms. The van der Waals surface area contributed by atoms with E-state index < -0.39 is 12.1 Å². The summed E-state index contributed by atoms with van der Waals surface area (Å²) < 4.78 is 51.0. The fourth-order valence-corrected chi connectivity index (χ4v) is 3.76. The van der Waals surface area contributed by atoms with Crippen LogP contribution in [0.1, 0.15) is 51.8 Å². The molecule has 2 aromatic carbocycles. The van der Waals surface area contributed by atoms with Crippen molar-refractivity contribution in [1.29, 1.82) is 0 Å². The molecule has 1 aromatic heterocycles. The molecule has 0 saturated carbocycles. The summed E-state index contributed by atoms with van der Waals surface area (Å²) in [5.74, 6) is 3.28. The van der Waals surface area contributed by atoms with Gasteiger partial charge in [0.15, 0.2) is 11.5 Å². The summed E-state index contributed by atoms with van der Waals surface area (Å²) in [6, 6.07) is 17.9. The molecule has 2 heterocycles. The minimum absolute atomic E-state index is 0.136. The zero-order chi connectivity index (χ0) is 27.0. The molecule has 1 aliphatic heterocycles. The number of benzene rings is 2. The molecule has 1 amide bonds.